The fraction of sp³-hybridized carbons (Fsp3) is 0.139. The van der Waals surface area contributed by atoms with Gasteiger partial charge in [-0.1, -0.05) is 66.7 Å². The molecule has 4 amide bonds. The van der Waals surface area contributed by atoms with Crippen LogP contribution in [0.2, 0.25) is 0 Å². The molecular weight excluding hydrogens is 596 g/mol. The number of nitrogens with zero attached hydrogens (tertiary/aromatic N) is 2. The van der Waals surface area contributed by atoms with Gasteiger partial charge in [0.25, 0.3) is 5.91 Å². The van der Waals surface area contributed by atoms with Gasteiger partial charge >= 0.3 is 6.09 Å². The molecule has 0 saturated carbocycles. The summed E-state index contributed by atoms with van der Waals surface area (Å²) in [6.45, 7) is 5.23. The molecule has 0 saturated heterocycles. The molecule has 0 aliphatic heterocycles. The van der Waals surface area contributed by atoms with Crippen molar-refractivity contribution >= 4 is 46.7 Å². The molecule has 11 heteroatoms. The van der Waals surface area contributed by atoms with E-state index in [2.05, 4.69) is 26.4 Å². The maximum absolute atomic E-state index is 13.4. The maximum atomic E-state index is 13.4. The highest BCUT2D eigenvalue weighted by Crippen LogP contribution is 2.26. The molecule has 0 spiro atoms. The Morgan fingerprint density at radius 3 is 1.68 bits per heavy atom. The van der Waals surface area contributed by atoms with Crippen LogP contribution in [0, 0.1) is 0 Å². The quantitative estimate of drug-likeness (QED) is 0.131. The zero-order chi connectivity index (χ0) is 33.4. The first-order valence-corrected chi connectivity index (χ1v) is 14.8. The molecule has 1 heterocycles. The number of aromatic nitrogens is 2. The van der Waals surface area contributed by atoms with E-state index in [-0.39, 0.29) is 17.1 Å². The van der Waals surface area contributed by atoms with Crippen LogP contribution >= 0.6 is 0 Å². The number of rotatable bonds is 9. The van der Waals surface area contributed by atoms with E-state index in [1.54, 1.807) is 87.6 Å². The van der Waals surface area contributed by atoms with Gasteiger partial charge in [-0.15, -0.1) is 5.10 Å². The summed E-state index contributed by atoms with van der Waals surface area (Å²) in [4.78, 5) is 52.8. The summed E-state index contributed by atoms with van der Waals surface area (Å²) in [6.07, 6.45) is 0.859. The lowest BCUT2D eigenvalue weighted by Gasteiger charge is -2.19. The predicted octanol–water partition coefficient (Wildman–Crippen LogP) is 6.83. The second-order valence-electron chi connectivity index (χ2n) is 11.5. The number of benzene rings is 4. The summed E-state index contributed by atoms with van der Waals surface area (Å²) in [5, 5.41) is 15.5. The van der Waals surface area contributed by atoms with Gasteiger partial charge in [0, 0.05) is 16.9 Å². The molecule has 5 aromatic rings. The number of carbonyl (C=O) groups excluding carboxylic acids is 4. The fourth-order valence-corrected chi connectivity index (χ4v) is 4.58. The second-order valence-corrected chi connectivity index (χ2v) is 11.5. The Kier molecular flexibility index (Phi) is 9.75. The Morgan fingerprint density at radius 2 is 1.17 bits per heavy atom. The van der Waals surface area contributed by atoms with Crippen LogP contribution in [0.1, 0.15) is 42.6 Å². The molecule has 0 atom stereocenters. The minimum absolute atomic E-state index is 0.0937. The summed E-state index contributed by atoms with van der Waals surface area (Å²) in [6, 6.07) is 33.0. The Hall–Kier alpha value is -6.23. The molecule has 11 nitrogen and oxygen atoms in total. The highest BCUT2D eigenvalue weighted by Gasteiger charge is 2.29. The molecule has 47 heavy (non-hydrogen) atoms. The van der Waals surface area contributed by atoms with Gasteiger partial charge in [0.15, 0.2) is 5.82 Å². The monoisotopic (exact) mass is 630 g/mol. The number of anilines is 4. The molecule has 4 aromatic carbocycles. The van der Waals surface area contributed by atoms with Gasteiger partial charge in [-0.3, -0.25) is 19.7 Å². The number of nitrogens with one attached hydrogen (secondary N) is 4. The smallest absolute Gasteiger partial charge is 0.412 e. The largest absolute Gasteiger partial charge is 0.444 e. The van der Waals surface area contributed by atoms with E-state index in [0.29, 0.717) is 22.6 Å². The molecule has 238 valence electrons. The molecule has 5 rings (SSSR count). The molecule has 0 bridgehead atoms. The number of hydrogen-bond donors (Lipinski definition) is 4. The molecule has 0 radical (unpaired) electrons. The Bertz CT molecular complexity index is 1800. The molecule has 0 aliphatic carbocycles. The van der Waals surface area contributed by atoms with Gasteiger partial charge in [0.2, 0.25) is 11.8 Å². The minimum Gasteiger partial charge on any atom is -0.444 e. The van der Waals surface area contributed by atoms with E-state index < -0.39 is 35.3 Å². The van der Waals surface area contributed by atoms with E-state index in [1.165, 1.54) is 16.8 Å². The molecule has 1 aromatic heterocycles. The second kappa shape index (κ2) is 14.2. The van der Waals surface area contributed by atoms with Crippen molar-refractivity contribution in [1.29, 1.82) is 0 Å². The van der Waals surface area contributed by atoms with Crippen molar-refractivity contribution < 1.29 is 23.9 Å². The van der Waals surface area contributed by atoms with Crippen LogP contribution in [0.15, 0.2) is 121 Å². The van der Waals surface area contributed by atoms with Gasteiger partial charge in [0.05, 0.1) is 11.9 Å². The first-order chi connectivity index (χ1) is 22.6. The van der Waals surface area contributed by atoms with Crippen molar-refractivity contribution in [2.24, 2.45) is 0 Å². The lowest BCUT2D eigenvalue weighted by atomic mass is 9.95. The average molecular weight is 631 g/mol. The van der Waals surface area contributed by atoms with Crippen LogP contribution < -0.4 is 21.3 Å². The van der Waals surface area contributed by atoms with Crippen molar-refractivity contribution in [3.63, 3.8) is 0 Å². The van der Waals surface area contributed by atoms with E-state index in [1.807, 2.05) is 42.5 Å². The zero-order valence-corrected chi connectivity index (χ0v) is 26.1. The number of carbonyl (C=O) groups is 4. The highest BCUT2D eigenvalue weighted by molar-refractivity contribution is 6.15. The summed E-state index contributed by atoms with van der Waals surface area (Å²) in [5.41, 5.74) is 1.88. The molecule has 0 unspecified atom stereocenters. The van der Waals surface area contributed by atoms with Gasteiger partial charge < -0.3 is 20.7 Å². The highest BCUT2D eigenvalue weighted by atomic mass is 16.6. The topological polar surface area (TPSA) is 143 Å². The van der Waals surface area contributed by atoms with E-state index >= 15 is 0 Å². The third-order valence-corrected chi connectivity index (χ3v) is 6.72. The van der Waals surface area contributed by atoms with Crippen LogP contribution in [0.25, 0.3) is 5.69 Å². The number of ether oxygens (including phenoxy) is 1. The fourth-order valence-electron chi connectivity index (χ4n) is 4.58. The number of para-hydroxylation sites is 3. The van der Waals surface area contributed by atoms with Gasteiger partial charge in [-0.05, 0) is 74.9 Å². The van der Waals surface area contributed by atoms with Gasteiger partial charge in [0.1, 0.15) is 17.2 Å². The molecular formula is C36H34N6O5. The van der Waals surface area contributed by atoms with E-state index in [9.17, 15) is 19.2 Å². The molecule has 0 fully saturated rings. The third kappa shape index (κ3) is 8.70. The Labute approximate surface area is 272 Å². The van der Waals surface area contributed by atoms with Gasteiger partial charge in [-0.2, -0.15) is 0 Å². The van der Waals surface area contributed by atoms with Crippen molar-refractivity contribution in [1.82, 2.24) is 9.78 Å². The van der Waals surface area contributed by atoms with Crippen molar-refractivity contribution in [2.45, 2.75) is 32.3 Å². The summed E-state index contributed by atoms with van der Waals surface area (Å²) >= 11 is 0. The van der Waals surface area contributed by atoms with Crippen molar-refractivity contribution in [3.05, 3.63) is 133 Å². The Balaban J connectivity index is 1.38. The lowest BCUT2D eigenvalue weighted by Crippen LogP contribution is -2.32. The van der Waals surface area contributed by atoms with Crippen LogP contribution in [0.3, 0.4) is 0 Å². The lowest BCUT2D eigenvalue weighted by molar-refractivity contribution is -0.126. The van der Waals surface area contributed by atoms with Crippen molar-refractivity contribution in [3.8, 4) is 5.69 Å². The maximum Gasteiger partial charge on any atom is 0.412 e. The van der Waals surface area contributed by atoms with Gasteiger partial charge in [-0.25, -0.2) is 9.48 Å². The zero-order valence-electron chi connectivity index (χ0n) is 26.1. The summed E-state index contributed by atoms with van der Waals surface area (Å²) < 4.78 is 6.91. The van der Waals surface area contributed by atoms with Crippen LogP contribution in [-0.4, -0.2) is 39.2 Å². The summed E-state index contributed by atoms with van der Waals surface area (Å²) in [5.74, 6) is -2.73. The predicted molar refractivity (Wildman–Crippen MR) is 181 cm³/mol. The number of amides is 4. The summed E-state index contributed by atoms with van der Waals surface area (Å²) in [7, 11) is 0. The van der Waals surface area contributed by atoms with Crippen LogP contribution in [0.4, 0.5) is 27.7 Å². The minimum atomic E-state index is -1.22. The normalized spacial score (nSPS) is 11.0. The van der Waals surface area contributed by atoms with E-state index in [4.69, 9.17) is 4.74 Å². The first kappa shape index (κ1) is 32.2. The standard InChI is InChI=1S/C36H34N6O5/c1-36(2,3)47-35(46)39-29-23-42(28-17-11-6-12-18-28)41-31(29)40-32(43)25-21-19-24(20-22-25)30(33(44)37-26-13-7-4-8-14-26)34(45)38-27-15-9-5-10-16-27/h4-23,30H,1-3H3,(H,37,44)(H,38,45)(H,39,46)(H,40,41,43). The Morgan fingerprint density at radius 1 is 0.660 bits per heavy atom. The van der Waals surface area contributed by atoms with Crippen LogP contribution in [-0.2, 0) is 14.3 Å². The SMILES string of the molecule is CC(C)(C)OC(=O)Nc1cn(-c2ccccc2)nc1NC(=O)c1ccc(C(C(=O)Nc2ccccc2)C(=O)Nc2ccccc2)cc1. The first-order valence-electron chi connectivity index (χ1n) is 14.8. The molecule has 0 aliphatic rings. The van der Waals surface area contributed by atoms with E-state index in [0.717, 1.165) is 0 Å². The van der Waals surface area contributed by atoms with Crippen molar-refractivity contribution in [2.75, 3.05) is 21.3 Å². The molecule has 4 N–H and O–H groups in total. The van der Waals surface area contributed by atoms with Crippen LogP contribution in [0.5, 0.6) is 0 Å². The average Bonchev–Trinajstić information content (AvgIpc) is 3.43. The number of hydrogen-bond acceptors (Lipinski definition) is 6. The third-order valence-electron chi connectivity index (χ3n) is 6.72.